The highest BCUT2D eigenvalue weighted by atomic mass is 16.2. The van der Waals surface area contributed by atoms with Gasteiger partial charge >= 0.3 is 11.8 Å². The second kappa shape index (κ2) is 6.77. The molecule has 6 heteroatoms. The van der Waals surface area contributed by atoms with Crippen LogP contribution in [-0.2, 0) is 9.59 Å². The summed E-state index contributed by atoms with van der Waals surface area (Å²) in [5.74, 6) is 0.443. The van der Waals surface area contributed by atoms with Crippen LogP contribution in [0.3, 0.4) is 0 Å². The van der Waals surface area contributed by atoms with Gasteiger partial charge in [0.2, 0.25) is 0 Å². The lowest BCUT2D eigenvalue weighted by molar-refractivity contribution is -0.139. The fraction of sp³-hybridized carbons (Fsp3) is 0.562. The van der Waals surface area contributed by atoms with Crippen LogP contribution < -0.4 is 15.5 Å². The Morgan fingerprint density at radius 3 is 2.55 bits per heavy atom. The number of anilines is 1. The van der Waals surface area contributed by atoms with Gasteiger partial charge in [-0.2, -0.15) is 0 Å². The smallest absolute Gasteiger partial charge is 0.309 e. The molecule has 1 saturated heterocycles. The van der Waals surface area contributed by atoms with Crippen LogP contribution in [0.4, 0.5) is 5.82 Å². The highest BCUT2D eigenvalue weighted by molar-refractivity contribution is 6.35. The number of hydrogen-bond acceptors (Lipinski definition) is 4. The quantitative estimate of drug-likeness (QED) is 0.803. The molecule has 0 unspecified atom stereocenters. The third-order valence-corrected chi connectivity index (χ3v) is 4.26. The molecular weight excluding hydrogens is 280 g/mol. The number of carbonyl (C=O) groups excluding carboxylic acids is 2. The van der Waals surface area contributed by atoms with E-state index in [1.165, 1.54) is 0 Å². The van der Waals surface area contributed by atoms with Crippen LogP contribution in [0.15, 0.2) is 24.4 Å². The molecule has 6 nitrogen and oxygen atoms in total. The highest BCUT2D eigenvalue weighted by Crippen LogP contribution is 2.21. The highest BCUT2D eigenvalue weighted by Gasteiger charge is 2.27. The van der Waals surface area contributed by atoms with Crippen molar-refractivity contribution in [2.45, 2.75) is 31.7 Å². The van der Waals surface area contributed by atoms with E-state index in [2.05, 4.69) is 20.5 Å². The van der Waals surface area contributed by atoms with Gasteiger partial charge in [-0.05, 0) is 43.7 Å². The summed E-state index contributed by atoms with van der Waals surface area (Å²) in [6.07, 6.45) is 5.79. The fourth-order valence-electron chi connectivity index (χ4n) is 2.70. The Morgan fingerprint density at radius 1 is 1.14 bits per heavy atom. The van der Waals surface area contributed by atoms with Crippen molar-refractivity contribution in [2.24, 2.45) is 5.92 Å². The lowest BCUT2D eigenvalue weighted by atomic mass is 9.97. The van der Waals surface area contributed by atoms with E-state index in [0.29, 0.717) is 12.5 Å². The van der Waals surface area contributed by atoms with E-state index >= 15 is 0 Å². The van der Waals surface area contributed by atoms with Gasteiger partial charge in [0.15, 0.2) is 0 Å². The molecule has 1 aromatic rings. The third kappa shape index (κ3) is 3.96. The molecule has 2 heterocycles. The van der Waals surface area contributed by atoms with Crippen molar-refractivity contribution < 1.29 is 9.59 Å². The summed E-state index contributed by atoms with van der Waals surface area (Å²) >= 11 is 0. The second-order valence-electron chi connectivity index (χ2n) is 6.08. The van der Waals surface area contributed by atoms with Crippen molar-refractivity contribution in [2.75, 3.05) is 24.5 Å². The van der Waals surface area contributed by atoms with Gasteiger partial charge in [0, 0.05) is 31.9 Å². The number of piperidine rings is 1. The Bertz CT molecular complexity index is 522. The van der Waals surface area contributed by atoms with E-state index in [1.807, 2.05) is 18.2 Å². The Labute approximate surface area is 130 Å². The number of rotatable bonds is 4. The number of amides is 2. The zero-order valence-corrected chi connectivity index (χ0v) is 12.6. The normalized spacial score (nSPS) is 18.8. The van der Waals surface area contributed by atoms with E-state index in [9.17, 15) is 9.59 Å². The molecule has 1 aliphatic heterocycles. The maximum Gasteiger partial charge on any atom is 0.309 e. The average Bonchev–Trinajstić information content (AvgIpc) is 3.38. The van der Waals surface area contributed by atoms with E-state index in [0.717, 1.165) is 44.6 Å². The number of carbonyl (C=O) groups is 2. The molecule has 2 fully saturated rings. The van der Waals surface area contributed by atoms with Gasteiger partial charge in [0.1, 0.15) is 5.82 Å². The van der Waals surface area contributed by atoms with Crippen molar-refractivity contribution in [1.82, 2.24) is 15.6 Å². The molecule has 0 radical (unpaired) electrons. The minimum atomic E-state index is -0.501. The monoisotopic (exact) mass is 302 g/mol. The summed E-state index contributed by atoms with van der Waals surface area (Å²) in [7, 11) is 0. The van der Waals surface area contributed by atoms with Gasteiger partial charge in [0.05, 0.1) is 0 Å². The topological polar surface area (TPSA) is 74.3 Å². The van der Waals surface area contributed by atoms with Crippen LogP contribution >= 0.6 is 0 Å². The minimum Gasteiger partial charge on any atom is -0.357 e. The zero-order valence-electron chi connectivity index (χ0n) is 12.6. The standard InChI is InChI=1S/C16H22N4O2/c21-15(16(22)19-13-4-5-13)18-11-12-6-9-20(10-7-12)14-3-1-2-8-17-14/h1-3,8,12-13H,4-7,9-11H2,(H,18,21)(H,19,22). The summed E-state index contributed by atoms with van der Waals surface area (Å²) < 4.78 is 0. The SMILES string of the molecule is O=C(NCC1CCN(c2ccccn2)CC1)C(=O)NC1CC1. The van der Waals surface area contributed by atoms with Crippen LogP contribution in [0.25, 0.3) is 0 Å². The maximum atomic E-state index is 11.7. The van der Waals surface area contributed by atoms with Crippen LogP contribution in [0.1, 0.15) is 25.7 Å². The molecule has 2 aliphatic rings. The molecule has 0 atom stereocenters. The molecule has 2 amide bonds. The van der Waals surface area contributed by atoms with Gasteiger partial charge in [-0.15, -0.1) is 0 Å². The van der Waals surface area contributed by atoms with Crippen molar-refractivity contribution in [3.05, 3.63) is 24.4 Å². The van der Waals surface area contributed by atoms with Crippen LogP contribution in [-0.4, -0.2) is 42.5 Å². The van der Waals surface area contributed by atoms with Crippen molar-refractivity contribution in [3.8, 4) is 0 Å². The van der Waals surface area contributed by atoms with Gasteiger partial charge in [-0.3, -0.25) is 9.59 Å². The third-order valence-electron chi connectivity index (χ3n) is 4.26. The van der Waals surface area contributed by atoms with Crippen molar-refractivity contribution in [3.63, 3.8) is 0 Å². The van der Waals surface area contributed by atoms with Gasteiger partial charge < -0.3 is 15.5 Å². The maximum absolute atomic E-state index is 11.7. The molecule has 118 valence electrons. The predicted octanol–water partition coefficient (Wildman–Crippen LogP) is 0.693. The summed E-state index contributed by atoms with van der Waals surface area (Å²) in [6, 6.07) is 6.15. The number of pyridine rings is 1. The first-order valence-electron chi connectivity index (χ1n) is 7.97. The minimum absolute atomic E-state index is 0.222. The molecule has 0 spiro atoms. The Hall–Kier alpha value is -2.11. The molecule has 1 saturated carbocycles. The van der Waals surface area contributed by atoms with Gasteiger partial charge in [-0.25, -0.2) is 4.98 Å². The molecule has 0 aromatic carbocycles. The first kappa shape index (κ1) is 14.8. The largest absolute Gasteiger partial charge is 0.357 e. The van der Waals surface area contributed by atoms with Gasteiger partial charge in [0.25, 0.3) is 0 Å². The zero-order chi connectivity index (χ0) is 15.4. The van der Waals surface area contributed by atoms with Crippen LogP contribution in [0.5, 0.6) is 0 Å². The average molecular weight is 302 g/mol. The predicted molar refractivity (Wildman–Crippen MR) is 83.3 cm³/mol. The Balaban J connectivity index is 1.38. The first-order valence-corrected chi connectivity index (χ1v) is 7.97. The second-order valence-corrected chi connectivity index (χ2v) is 6.08. The van der Waals surface area contributed by atoms with Crippen LogP contribution in [0, 0.1) is 5.92 Å². The lowest BCUT2D eigenvalue weighted by Gasteiger charge is -2.32. The first-order chi connectivity index (χ1) is 10.7. The molecular formula is C16H22N4O2. The molecule has 3 rings (SSSR count). The van der Waals surface area contributed by atoms with Crippen molar-refractivity contribution >= 4 is 17.6 Å². The summed E-state index contributed by atoms with van der Waals surface area (Å²) in [5, 5.41) is 5.46. The van der Waals surface area contributed by atoms with Crippen LogP contribution in [0.2, 0.25) is 0 Å². The molecule has 1 aliphatic carbocycles. The van der Waals surface area contributed by atoms with E-state index < -0.39 is 11.8 Å². The molecule has 1 aromatic heterocycles. The number of hydrogen-bond donors (Lipinski definition) is 2. The lowest BCUT2D eigenvalue weighted by Crippen LogP contribution is -2.44. The summed E-state index contributed by atoms with van der Waals surface area (Å²) in [6.45, 7) is 2.45. The number of nitrogens with zero attached hydrogens (tertiary/aromatic N) is 2. The van der Waals surface area contributed by atoms with Crippen molar-refractivity contribution in [1.29, 1.82) is 0 Å². The van der Waals surface area contributed by atoms with E-state index in [1.54, 1.807) is 6.20 Å². The summed E-state index contributed by atoms with van der Waals surface area (Å²) in [4.78, 5) is 29.9. The Morgan fingerprint density at radius 2 is 1.91 bits per heavy atom. The fourth-order valence-corrected chi connectivity index (χ4v) is 2.70. The van der Waals surface area contributed by atoms with E-state index in [-0.39, 0.29) is 6.04 Å². The van der Waals surface area contributed by atoms with Gasteiger partial charge in [-0.1, -0.05) is 6.07 Å². The number of aromatic nitrogens is 1. The molecule has 22 heavy (non-hydrogen) atoms. The Kier molecular flexibility index (Phi) is 4.56. The molecule has 2 N–H and O–H groups in total. The van der Waals surface area contributed by atoms with E-state index in [4.69, 9.17) is 0 Å². The summed E-state index contributed by atoms with van der Waals surface area (Å²) in [5.41, 5.74) is 0. The number of nitrogens with one attached hydrogen (secondary N) is 2. The molecule has 0 bridgehead atoms.